The standard InChI is InChI=1S/C18H20NO2S2.BF4/c1-14(20)21-19-18(13-23(2)3)15-9-11-17(12-10-15)22-16-7-5-4-6-8-16;2-1(3,4)5/h4-12H,13H2,1-3H3;/q+1;-1. The molecule has 2 aromatic rings. The fraction of sp³-hybridized carbons (Fsp3) is 0.222. The van der Waals surface area contributed by atoms with Crippen LogP contribution in [0.25, 0.3) is 0 Å². The summed E-state index contributed by atoms with van der Waals surface area (Å²) in [6, 6.07) is 18.4. The van der Waals surface area contributed by atoms with Crippen LogP contribution < -0.4 is 0 Å². The predicted molar refractivity (Wildman–Crippen MR) is 110 cm³/mol. The zero-order valence-electron chi connectivity index (χ0n) is 15.6. The van der Waals surface area contributed by atoms with Crippen LogP contribution in [0.4, 0.5) is 17.3 Å². The van der Waals surface area contributed by atoms with Gasteiger partial charge in [0.25, 0.3) is 0 Å². The van der Waals surface area contributed by atoms with E-state index in [2.05, 4.69) is 41.9 Å². The first kappa shape index (κ1) is 24.1. The van der Waals surface area contributed by atoms with E-state index in [9.17, 15) is 22.1 Å². The number of hydrogen-bond acceptors (Lipinski definition) is 4. The Morgan fingerprint density at radius 3 is 1.96 bits per heavy atom. The SMILES string of the molecule is CC(=O)ON=C(C[S+](C)C)c1ccc(Sc2ccccc2)cc1.F[B-](F)(F)F. The molecular weight excluding hydrogens is 413 g/mol. The van der Waals surface area contributed by atoms with Crippen molar-refractivity contribution >= 4 is 41.6 Å². The van der Waals surface area contributed by atoms with Crippen LogP contribution in [-0.2, 0) is 20.5 Å². The second kappa shape index (κ2) is 11.8. The molecule has 0 N–H and O–H groups in total. The Labute approximate surface area is 169 Å². The Hall–Kier alpha value is -1.94. The van der Waals surface area contributed by atoms with Gasteiger partial charge in [-0.3, -0.25) is 0 Å². The average molecular weight is 433 g/mol. The summed E-state index contributed by atoms with van der Waals surface area (Å²) in [6.45, 7) is 1.36. The molecular formula is C18H20BF4NO2S2. The van der Waals surface area contributed by atoms with Crippen LogP contribution >= 0.6 is 11.8 Å². The molecule has 28 heavy (non-hydrogen) atoms. The van der Waals surface area contributed by atoms with E-state index in [0.29, 0.717) is 0 Å². The van der Waals surface area contributed by atoms with Crippen molar-refractivity contribution in [1.82, 2.24) is 0 Å². The van der Waals surface area contributed by atoms with Crippen LogP contribution in [0.15, 0.2) is 69.5 Å². The summed E-state index contributed by atoms with van der Waals surface area (Å²) in [5, 5.41) is 4.01. The number of rotatable bonds is 6. The van der Waals surface area contributed by atoms with Gasteiger partial charge in [-0.05, 0) is 35.2 Å². The van der Waals surface area contributed by atoms with Crippen molar-refractivity contribution < 1.29 is 26.9 Å². The van der Waals surface area contributed by atoms with Gasteiger partial charge in [-0.25, -0.2) is 4.79 Å². The quantitative estimate of drug-likeness (QED) is 0.155. The maximum absolute atomic E-state index is 11.0. The summed E-state index contributed by atoms with van der Waals surface area (Å²) in [6.07, 6.45) is 4.28. The second-order valence-corrected chi connectivity index (χ2v) is 9.09. The van der Waals surface area contributed by atoms with Gasteiger partial charge >= 0.3 is 13.2 Å². The van der Waals surface area contributed by atoms with E-state index in [1.807, 2.05) is 30.3 Å². The van der Waals surface area contributed by atoms with Gasteiger partial charge in [0.15, 0.2) is 5.75 Å². The number of oxime groups is 1. The van der Waals surface area contributed by atoms with Crippen molar-refractivity contribution in [2.24, 2.45) is 5.16 Å². The lowest BCUT2D eigenvalue weighted by atomic mass is 10.1. The lowest BCUT2D eigenvalue weighted by molar-refractivity contribution is -0.140. The second-order valence-electron chi connectivity index (χ2n) is 5.69. The molecule has 0 unspecified atom stereocenters. The predicted octanol–water partition coefficient (Wildman–Crippen LogP) is 5.28. The molecule has 0 amide bonds. The van der Waals surface area contributed by atoms with Crippen molar-refractivity contribution in [3.05, 3.63) is 60.2 Å². The van der Waals surface area contributed by atoms with Crippen LogP contribution in [0.2, 0.25) is 0 Å². The van der Waals surface area contributed by atoms with Crippen molar-refractivity contribution in [1.29, 1.82) is 0 Å². The van der Waals surface area contributed by atoms with Gasteiger partial charge in [-0.2, -0.15) is 0 Å². The van der Waals surface area contributed by atoms with Crippen LogP contribution in [0.5, 0.6) is 0 Å². The van der Waals surface area contributed by atoms with Gasteiger partial charge in [0.2, 0.25) is 0 Å². The van der Waals surface area contributed by atoms with Gasteiger partial charge < -0.3 is 22.1 Å². The monoisotopic (exact) mass is 433 g/mol. The van der Waals surface area contributed by atoms with E-state index in [-0.39, 0.29) is 10.9 Å². The molecule has 10 heteroatoms. The highest BCUT2D eigenvalue weighted by Gasteiger charge is 2.20. The number of carbonyl (C=O) groups is 1. The molecule has 0 fully saturated rings. The zero-order valence-corrected chi connectivity index (χ0v) is 17.2. The van der Waals surface area contributed by atoms with E-state index in [0.717, 1.165) is 17.0 Å². The fourth-order valence-electron chi connectivity index (χ4n) is 1.90. The third-order valence-electron chi connectivity index (χ3n) is 2.88. The summed E-state index contributed by atoms with van der Waals surface area (Å²) in [7, 11) is -5.82. The lowest BCUT2D eigenvalue weighted by Crippen LogP contribution is -2.16. The summed E-state index contributed by atoms with van der Waals surface area (Å²) >= 11 is 1.72. The van der Waals surface area contributed by atoms with E-state index < -0.39 is 13.2 Å². The molecule has 152 valence electrons. The molecule has 0 bridgehead atoms. The first-order chi connectivity index (χ1) is 13.0. The smallest absolute Gasteiger partial charge is 0.418 e. The highest BCUT2D eigenvalue weighted by Crippen LogP contribution is 2.27. The van der Waals surface area contributed by atoms with E-state index >= 15 is 0 Å². The largest absolute Gasteiger partial charge is 0.673 e. The Kier molecular flexibility index (Phi) is 10.2. The minimum absolute atomic E-state index is 0.175. The highest BCUT2D eigenvalue weighted by molar-refractivity contribution is 7.99. The first-order valence-electron chi connectivity index (χ1n) is 8.04. The van der Waals surface area contributed by atoms with E-state index in [4.69, 9.17) is 4.84 Å². The molecule has 2 rings (SSSR count). The van der Waals surface area contributed by atoms with Crippen molar-refractivity contribution in [2.45, 2.75) is 16.7 Å². The van der Waals surface area contributed by atoms with Gasteiger partial charge in [-0.15, -0.1) is 0 Å². The zero-order chi connectivity index (χ0) is 21.2. The van der Waals surface area contributed by atoms with Crippen molar-refractivity contribution in [2.75, 3.05) is 18.3 Å². The van der Waals surface area contributed by atoms with Crippen LogP contribution in [0.1, 0.15) is 12.5 Å². The molecule has 0 aliphatic rings. The van der Waals surface area contributed by atoms with Crippen LogP contribution in [0.3, 0.4) is 0 Å². The number of benzene rings is 2. The summed E-state index contributed by atoms with van der Waals surface area (Å²) in [4.78, 5) is 18.2. The summed E-state index contributed by atoms with van der Waals surface area (Å²) < 4.78 is 39.0. The molecule has 0 atom stereocenters. The van der Waals surface area contributed by atoms with Gasteiger partial charge in [0.05, 0.1) is 12.5 Å². The minimum Gasteiger partial charge on any atom is -0.418 e. The molecule has 0 aliphatic carbocycles. The van der Waals surface area contributed by atoms with Crippen molar-refractivity contribution in [3.8, 4) is 0 Å². The fourth-order valence-corrected chi connectivity index (χ4v) is 3.50. The van der Waals surface area contributed by atoms with Crippen LogP contribution in [-0.4, -0.2) is 37.2 Å². The van der Waals surface area contributed by atoms with Gasteiger partial charge in [0.1, 0.15) is 5.71 Å². The number of halogens is 4. The summed E-state index contributed by atoms with van der Waals surface area (Å²) in [5.41, 5.74) is 1.80. The Morgan fingerprint density at radius 1 is 1.00 bits per heavy atom. The van der Waals surface area contributed by atoms with E-state index in [1.165, 1.54) is 16.7 Å². The maximum atomic E-state index is 11.0. The Morgan fingerprint density at radius 2 is 1.50 bits per heavy atom. The number of carbonyl (C=O) groups excluding carboxylic acids is 1. The third kappa shape index (κ3) is 11.7. The first-order valence-corrected chi connectivity index (χ1v) is 11.1. The molecule has 0 saturated carbocycles. The van der Waals surface area contributed by atoms with Crippen molar-refractivity contribution in [3.63, 3.8) is 0 Å². The molecule has 2 aromatic carbocycles. The Bertz CT molecular complexity index is 763. The molecule has 0 heterocycles. The normalized spacial score (nSPS) is 11.6. The lowest BCUT2D eigenvalue weighted by Gasteiger charge is -2.06. The molecule has 0 radical (unpaired) electrons. The molecule has 0 saturated heterocycles. The Balaban J connectivity index is 0.000000696. The third-order valence-corrected chi connectivity index (χ3v) is 4.74. The molecule has 0 aromatic heterocycles. The summed E-state index contributed by atoms with van der Waals surface area (Å²) in [5.74, 6) is 0.393. The highest BCUT2D eigenvalue weighted by atomic mass is 32.2. The van der Waals surface area contributed by atoms with E-state index in [1.54, 1.807) is 11.8 Å². The van der Waals surface area contributed by atoms with Gasteiger partial charge in [-0.1, -0.05) is 47.2 Å². The maximum Gasteiger partial charge on any atom is 0.673 e. The molecule has 0 aliphatic heterocycles. The van der Waals surface area contributed by atoms with Crippen LogP contribution in [0, 0.1) is 0 Å². The molecule has 3 nitrogen and oxygen atoms in total. The molecule has 0 spiro atoms. The number of hydrogen-bond donors (Lipinski definition) is 0. The number of nitrogens with zero attached hydrogens (tertiary/aromatic N) is 1. The van der Waals surface area contributed by atoms with Gasteiger partial charge in [0, 0.05) is 22.3 Å². The average Bonchev–Trinajstić information content (AvgIpc) is 2.58. The topological polar surface area (TPSA) is 38.7 Å². The minimum atomic E-state index is -6.00.